The van der Waals surface area contributed by atoms with Gasteiger partial charge in [-0.25, -0.2) is 4.79 Å². The first-order valence-corrected chi connectivity index (χ1v) is 15.3. The third kappa shape index (κ3) is 23.0. The highest BCUT2D eigenvalue weighted by atomic mass is 16.5. The maximum Gasteiger partial charge on any atom is 0.334 e. The first-order valence-electron chi connectivity index (χ1n) is 15.3. The van der Waals surface area contributed by atoms with Crippen LogP contribution in [-0.2, 0) is 14.3 Å². The van der Waals surface area contributed by atoms with Crippen LogP contribution in [0.2, 0.25) is 0 Å². The zero-order chi connectivity index (χ0) is 32.7. The molecule has 42 heavy (non-hydrogen) atoms. The van der Waals surface area contributed by atoms with Gasteiger partial charge < -0.3 is 4.74 Å². The smallest absolute Gasteiger partial charge is 0.334 e. The molecule has 0 aromatic rings. The lowest BCUT2D eigenvalue weighted by Crippen LogP contribution is -2.31. The number of ether oxygens (including phenoxy) is 1. The lowest BCUT2D eigenvalue weighted by atomic mass is 8.88. The lowest BCUT2D eigenvalue weighted by Gasteiger charge is -2.03. The molecule has 0 spiro atoms. The topological polar surface area (TPSA) is 43.4 Å². The zero-order valence-corrected chi connectivity index (χ0v) is 28.8. The maximum atomic E-state index is 11.3. The van der Waals surface area contributed by atoms with Crippen molar-refractivity contribution < 1.29 is 14.3 Å². The number of rotatable bonds is 8. The highest BCUT2D eigenvalue weighted by Gasteiger charge is 2.24. The van der Waals surface area contributed by atoms with Crippen molar-refractivity contribution in [2.24, 2.45) is 11.8 Å². The average molecular weight is 570 g/mol. The van der Waals surface area contributed by atoms with Crippen molar-refractivity contribution in [3.8, 4) is 0 Å². The Labute approximate surface area is 268 Å². The summed E-state index contributed by atoms with van der Waals surface area (Å²) in [7, 11) is 17.6. The second kappa shape index (κ2) is 28.3. The van der Waals surface area contributed by atoms with Gasteiger partial charge in [-0.2, -0.15) is 0 Å². The number of allylic oxidation sites excluding steroid dienone is 6. The minimum atomic E-state index is -0.259. The van der Waals surface area contributed by atoms with E-state index in [4.69, 9.17) is 27.9 Å². The van der Waals surface area contributed by atoms with Crippen molar-refractivity contribution in [1.29, 1.82) is 0 Å². The van der Waals surface area contributed by atoms with E-state index in [9.17, 15) is 9.59 Å². The number of hydrogen-bond acceptors (Lipinski definition) is 3. The van der Waals surface area contributed by atoms with Crippen molar-refractivity contribution in [1.82, 2.24) is 0 Å². The average Bonchev–Trinajstić information content (AvgIpc) is 3.31. The summed E-state index contributed by atoms with van der Waals surface area (Å²) in [6.07, 6.45) is 11.4. The van der Waals surface area contributed by atoms with Crippen LogP contribution in [0, 0.1) is 11.8 Å². The van der Waals surface area contributed by atoms with Gasteiger partial charge in [0.2, 0.25) is 0 Å². The van der Waals surface area contributed by atoms with Gasteiger partial charge in [0.1, 0.15) is 6.10 Å². The van der Waals surface area contributed by atoms with Crippen LogP contribution in [0.25, 0.3) is 0 Å². The number of hydrogen-bond donors (Lipinski definition) is 0. The molecule has 228 valence electrons. The Kier molecular flexibility index (Phi) is 31.9. The lowest BCUT2D eigenvalue weighted by molar-refractivity contribution is -0.139. The Morgan fingerprint density at radius 2 is 1.55 bits per heavy atom. The van der Waals surface area contributed by atoms with Crippen molar-refractivity contribution in [3.05, 3.63) is 45.6 Å². The SMILES string of the molecule is C.CC(C)=CC1=C(C)C(=O)CC1C.CC1=C(C)C(C)OC1=O.CC=C(C)CCC.CCCC(C)CC.[B][B]B([B])[B][B]. The molecule has 1 aliphatic carbocycles. The quantitative estimate of drug-likeness (QED) is 0.169. The summed E-state index contributed by atoms with van der Waals surface area (Å²) in [5, 5.41) is 0. The van der Waals surface area contributed by atoms with Crippen LogP contribution >= 0.6 is 0 Å². The molecule has 0 saturated heterocycles. The van der Waals surface area contributed by atoms with Gasteiger partial charge in [-0.3, -0.25) is 4.79 Å². The van der Waals surface area contributed by atoms with Gasteiger partial charge in [0.05, 0.1) is 0 Å². The summed E-state index contributed by atoms with van der Waals surface area (Å²) in [6, 6.07) is 0. The number of cyclic esters (lactones) is 1. The van der Waals surface area contributed by atoms with Crippen LogP contribution in [0.5, 0.6) is 0 Å². The first-order chi connectivity index (χ1) is 19.1. The Morgan fingerprint density at radius 3 is 1.71 bits per heavy atom. The third-order valence-electron chi connectivity index (χ3n) is 7.17. The van der Waals surface area contributed by atoms with Gasteiger partial charge in [0.25, 0.3) is 0 Å². The highest BCUT2D eigenvalue weighted by Crippen LogP contribution is 2.30. The van der Waals surface area contributed by atoms with Crippen LogP contribution in [0.15, 0.2) is 45.6 Å². The molecule has 2 aliphatic rings. The molecular formula is C33H60B6O3. The van der Waals surface area contributed by atoms with Gasteiger partial charge in [0, 0.05) is 55.7 Å². The number of esters is 1. The number of carbonyl (C=O) groups is 2. The van der Waals surface area contributed by atoms with Crippen LogP contribution in [0.3, 0.4) is 0 Å². The predicted molar refractivity (Wildman–Crippen MR) is 195 cm³/mol. The molecule has 9 heteroatoms. The minimum Gasteiger partial charge on any atom is -0.455 e. The molecule has 0 fully saturated rings. The molecular weight excluding hydrogens is 509 g/mol. The van der Waals surface area contributed by atoms with Crippen molar-refractivity contribution in [2.45, 2.75) is 142 Å². The molecule has 8 radical (unpaired) electrons. The van der Waals surface area contributed by atoms with Crippen LogP contribution in [0.1, 0.15) is 136 Å². The minimum absolute atomic E-state index is 0. The van der Waals surface area contributed by atoms with Gasteiger partial charge in [-0.05, 0) is 90.4 Å². The summed E-state index contributed by atoms with van der Waals surface area (Å²) in [5.41, 5.74) is 6.79. The molecule has 0 amide bonds. The van der Waals surface area contributed by atoms with Gasteiger partial charge >= 0.3 is 5.97 Å². The molecule has 3 unspecified atom stereocenters. The third-order valence-corrected chi connectivity index (χ3v) is 7.17. The normalized spacial score (nSPS) is 17.8. The van der Waals surface area contributed by atoms with Crippen molar-refractivity contribution in [2.75, 3.05) is 0 Å². The summed E-state index contributed by atoms with van der Waals surface area (Å²) < 4.78 is 4.87. The molecule has 1 aliphatic heterocycles. The van der Waals surface area contributed by atoms with E-state index in [1.807, 2.05) is 20.8 Å². The Hall–Kier alpha value is -1.51. The van der Waals surface area contributed by atoms with Crippen LogP contribution in [-0.4, -0.2) is 61.6 Å². The van der Waals surface area contributed by atoms with Gasteiger partial charge in [-0.15, -0.1) is 0 Å². The zero-order valence-electron chi connectivity index (χ0n) is 28.8. The molecule has 0 N–H and O–H groups in total. The van der Waals surface area contributed by atoms with E-state index in [1.165, 1.54) is 62.9 Å². The number of ketones is 1. The number of carbonyl (C=O) groups excluding carboxylic acids is 2. The standard InChI is InChI=1S/C11H16O.C7H10O2.C7H16.C7H14.CH4.B6/c1-7(2)5-10-8(3)6-11(12)9(10)4;1-4-5(2)7(8)9-6(4)3;2*1-4-6-7(3)5-2;;1-4-6(3)5-2/h5,8H,6H2,1-4H3;6H,1-3H3;7H,4-6H2,1-3H3;5H,4,6H2,1-3H3;1H4;. The maximum absolute atomic E-state index is 11.3. The Morgan fingerprint density at radius 1 is 1.02 bits per heavy atom. The van der Waals surface area contributed by atoms with E-state index in [0.717, 1.165) is 22.6 Å². The van der Waals surface area contributed by atoms with Gasteiger partial charge in [-0.1, -0.05) is 91.0 Å². The molecule has 3 nitrogen and oxygen atoms in total. The molecule has 0 aromatic carbocycles. The highest BCUT2D eigenvalue weighted by molar-refractivity contribution is 7.69. The van der Waals surface area contributed by atoms with Crippen LogP contribution in [0.4, 0.5) is 0 Å². The monoisotopic (exact) mass is 571 g/mol. The Balaban J connectivity index is -0.000000219. The van der Waals surface area contributed by atoms with E-state index in [2.05, 4.69) is 74.5 Å². The fourth-order valence-corrected chi connectivity index (χ4v) is 3.74. The predicted octanol–water partition coefficient (Wildman–Crippen LogP) is 8.08. The van der Waals surface area contributed by atoms with E-state index in [1.54, 1.807) is 6.92 Å². The Bertz CT molecular complexity index is 869. The summed E-state index contributed by atoms with van der Waals surface area (Å²) >= 11 is 0. The van der Waals surface area contributed by atoms with Gasteiger partial charge in [0.15, 0.2) is 5.78 Å². The van der Waals surface area contributed by atoms with Crippen molar-refractivity contribution in [3.63, 3.8) is 0 Å². The fraction of sp³-hybridized carbons (Fsp3) is 0.697. The fourth-order valence-electron chi connectivity index (χ4n) is 3.74. The first kappa shape index (κ1) is 47.4. The van der Waals surface area contributed by atoms with E-state index >= 15 is 0 Å². The molecule has 0 saturated carbocycles. The van der Waals surface area contributed by atoms with E-state index in [-0.39, 0.29) is 25.9 Å². The van der Waals surface area contributed by atoms with Crippen molar-refractivity contribution >= 4 is 55.5 Å². The molecule has 1 heterocycles. The summed E-state index contributed by atoms with van der Waals surface area (Å²) in [4.78, 5) is 22.0. The van der Waals surface area contributed by atoms with E-state index in [0.29, 0.717) is 18.1 Å². The summed E-state index contributed by atoms with van der Waals surface area (Å²) in [5.74, 6) is 1.52. The molecule has 3 atom stereocenters. The second-order valence-electron chi connectivity index (χ2n) is 11.3. The molecule has 2 rings (SSSR count). The van der Waals surface area contributed by atoms with E-state index < -0.39 is 0 Å². The van der Waals surface area contributed by atoms with Crippen LogP contribution < -0.4 is 0 Å². The second-order valence-corrected chi connectivity index (χ2v) is 11.3. The summed E-state index contributed by atoms with van der Waals surface area (Å²) in [6.45, 7) is 27.0. The largest absolute Gasteiger partial charge is 0.455 e. The molecule has 0 bridgehead atoms. The number of Topliss-reactive ketones (excluding diaryl/α,β-unsaturated/α-hetero) is 1. The molecule has 0 aromatic heterocycles.